The maximum absolute atomic E-state index is 5.75. The van der Waals surface area contributed by atoms with Crippen LogP contribution in [-0.4, -0.2) is 23.3 Å². The summed E-state index contributed by atoms with van der Waals surface area (Å²) in [7, 11) is 0. The smallest absolute Gasteiger partial charge is 0.149 e. The number of nitrogens with one attached hydrogen (secondary N) is 1. The highest BCUT2D eigenvalue weighted by molar-refractivity contribution is 7.11. The molecule has 1 aliphatic rings. The van der Waals surface area contributed by atoms with Crippen molar-refractivity contribution in [3.05, 3.63) is 10.0 Å². The van der Waals surface area contributed by atoms with E-state index < -0.39 is 0 Å². The Morgan fingerprint density at radius 1 is 1.50 bits per heavy atom. The van der Waals surface area contributed by atoms with Gasteiger partial charge >= 0.3 is 0 Å². The van der Waals surface area contributed by atoms with Crippen LogP contribution in [0, 0.1) is 0 Å². The molecule has 1 saturated heterocycles. The molecule has 0 radical (unpaired) electrons. The van der Waals surface area contributed by atoms with E-state index in [1.165, 1.54) is 0 Å². The zero-order chi connectivity index (χ0) is 11.4. The number of nitrogens with zero attached hydrogens (tertiary/aromatic N) is 2. The molecule has 90 valence electrons. The Hall–Kier alpha value is -0.520. The van der Waals surface area contributed by atoms with Gasteiger partial charge in [-0.1, -0.05) is 18.3 Å². The van der Waals surface area contributed by atoms with E-state index in [-0.39, 0.29) is 5.60 Å². The minimum absolute atomic E-state index is 0.180. The summed E-state index contributed by atoms with van der Waals surface area (Å²) in [5.74, 6) is 0. The second-order valence-corrected chi connectivity index (χ2v) is 5.42. The normalized spacial score (nSPS) is 25.1. The number of hydrogen-bond acceptors (Lipinski definition) is 5. The molecule has 2 rings (SSSR count). The number of ether oxygens (including phenoxy) is 1. The third-order valence-electron chi connectivity index (χ3n) is 2.84. The van der Waals surface area contributed by atoms with Crippen molar-refractivity contribution in [3.63, 3.8) is 0 Å². The van der Waals surface area contributed by atoms with Crippen molar-refractivity contribution in [1.29, 1.82) is 0 Å². The molecule has 0 spiro atoms. The van der Waals surface area contributed by atoms with Gasteiger partial charge in [0.2, 0.25) is 0 Å². The molecule has 1 aromatic heterocycles. The van der Waals surface area contributed by atoms with Crippen LogP contribution >= 0.6 is 11.3 Å². The van der Waals surface area contributed by atoms with E-state index in [0.29, 0.717) is 0 Å². The Kier molecular flexibility index (Phi) is 3.89. The third kappa shape index (κ3) is 2.59. The van der Waals surface area contributed by atoms with Gasteiger partial charge in [0.15, 0.2) is 0 Å². The molecule has 1 unspecified atom stereocenters. The second kappa shape index (κ2) is 5.21. The summed E-state index contributed by atoms with van der Waals surface area (Å²) < 4.78 is 5.75. The lowest BCUT2D eigenvalue weighted by atomic mass is 10.0. The monoisotopic (exact) mass is 241 g/mol. The molecule has 1 aliphatic heterocycles. The summed E-state index contributed by atoms with van der Waals surface area (Å²) in [5, 5.41) is 13.9. The van der Waals surface area contributed by atoms with Crippen molar-refractivity contribution < 1.29 is 4.74 Å². The second-order valence-electron chi connectivity index (χ2n) is 4.36. The van der Waals surface area contributed by atoms with E-state index in [9.17, 15) is 0 Å². The van der Waals surface area contributed by atoms with Crippen LogP contribution in [0.4, 0.5) is 0 Å². The van der Waals surface area contributed by atoms with Crippen molar-refractivity contribution in [2.24, 2.45) is 0 Å². The van der Waals surface area contributed by atoms with E-state index in [1.807, 2.05) is 0 Å². The van der Waals surface area contributed by atoms with Gasteiger partial charge in [-0.2, -0.15) is 0 Å². The van der Waals surface area contributed by atoms with E-state index in [4.69, 9.17) is 4.74 Å². The molecule has 0 aromatic carbocycles. The quantitative estimate of drug-likeness (QED) is 0.802. The Morgan fingerprint density at radius 2 is 2.38 bits per heavy atom. The van der Waals surface area contributed by atoms with Gasteiger partial charge in [-0.3, -0.25) is 0 Å². The van der Waals surface area contributed by atoms with Crippen LogP contribution in [0.25, 0.3) is 0 Å². The number of rotatable bonds is 5. The zero-order valence-electron chi connectivity index (χ0n) is 9.95. The van der Waals surface area contributed by atoms with Crippen LogP contribution in [0.1, 0.15) is 43.1 Å². The summed E-state index contributed by atoms with van der Waals surface area (Å²) in [6.45, 7) is 6.97. The van der Waals surface area contributed by atoms with E-state index >= 15 is 0 Å². The average Bonchev–Trinajstić information content (AvgIpc) is 2.88. The predicted molar refractivity (Wildman–Crippen MR) is 64.4 cm³/mol. The van der Waals surface area contributed by atoms with Crippen LogP contribution in [0.15, 0.2) is 0 Å². The van der Waals surface area contributed by atoms with Gasteiger partial charge in [0.1, 0.15) is 15.6 Å². The van der Waals surface area contributed by atoms with Crippen LogP contribution in [-0.2, 0) is 16.9 Å². The summed E-state index contributed by atoms with van der Waals surface area (Å²) >= 11 is 1.67. The number of aromatic nitrogens is 2. The molecule has 0 saturated carbocycles. The van der Waals surface area contributed by atoms with Crippen molar-refractivity contribution in [3.8, 4) is 0 Å². The van der Waals surface area contributed by atoms with Crippen molar-refractivity contribution in [2.75, 3.05) is 13.2 Å². The Labute approximate surface area is 100 Å². The number of hydrogen-bond donors (Lipinski definition) is 1. The summed E-state index contributed by atoms with van der Waals surface area (Å²) in [6.07, 6.45) is 3.33. The van der Waals surface area contributed by atoms with E-state index in [1.54, 1.807) is 11.3 Å². The van der Waals surface area contributed by atoms with Crippen molar-refractivity contribution in [1.82, 2.24) is 15.5 Å². The summed E-state index contributed by atoms with van der Waals surface area (Å²) in [6, 6.07) is 0. The lowest BCUT2D eigenvalue weighted by molar-refractivity contribution is 0.0161. The van der Waals surface area contributed by atoms with Crippen molar-refractivity contribution >= 4 is 11.3 Å². The highest BCUT2D eigenvalue weighted by Crippen LogP contribution is 2.36. The van der Waals surface area contributed by atoms with Crippen LogP contribution in [0.5, 0.6) is 0 Å². The lowest BCUT2D eigenvalue weighted by Crippen LogP contribution is -2.19. The standard InChI is InChI=1S/C11H19N3OS/c1-3-6-12-8-9-13-14-10(16-9)11(2)5-4-7-15-11/h12H,3-8H2,1-2H3. The molecule has 16 heavy (non-hydrogen) atoms. The van der Waals surface area contributed by atoms with Gasteiger partial charge in [-0.25, -0.2) is 0 Å². The van der Waals surface area contributed by atoms with Gasteiger partial charge in [-0.15, -0.1) is 10.2 Å². The first-order valence-electron chi connectivity index (χ1n) is 5.92. The first kappa shape index (κ1) is 12.0. The zero-order valence-corrected chi connectivity index (χ0v) is 10.8. The van der Waals surface area contributed by atoms with Crippen LogP contribution in [0.2, 0.25) is 0 Å². The Morgan fingerprint density at radius 3 is 3.06 bits per heavy atom. The molecule has 0 bridgehead atoms. The molecule has 1 aromatic rings. The first-order valence-corrected chi connectivity index (χ1v) is 6.74. The molecule has 4 nitrogen and oxygen atoms in total. The maximum Gasteiger partial charge on any atom is 0.149 e. The minimum Gasteiger partial charge on any atom is -0.368 e. The van der Waals surface area contributed by atoms with E-state index in [0.717, 1.165) is 49.0 Å². The Balaban J connectivity index is 1.96. The Bertz CT molecular complexity index is 334. The highest BCUT2D eigenvalue weighted by atomic mass is 32.1. The van der Waals surface area contributed by atoms with Crippen LogP contribution in [0.3, 0.4) is 0 Å². The van der Waals surface area contributed by atoms with Gasteiger partial charge < -0.3 is 10.1 Å². The molecule has 1 fully saturated rings. The fourth-order valence-corrected chi connectivity index (χ4v) is 2.80. The van der Waals surface area contributed by atoms with E-state index in [2.05, 4.69) is 29.4 Å². The lowest BCUT2D eigenvalue weighted by Gasteiger charge is -2.18. The molecular weight excluding hydrogens is 222 g/mol. The van der Waals surface area contributed by atoms with Crippen LogP contribution < -0.4 is 5.32 Å². The summed E-state index contributed by atoms with van der Waals surface area (Å²) in [5.41, 5.74) is -0.180. The molecule has 0 aliphatic carbocycles. The van der Waals surface area contributed by atoms with Crippen molar-refractivity contribution in [2.45, 2.75) is 45.3 Å². The molecule has 1 atom stereocenters. The molecule has 0 amide bonds. The largest absolute Gasteiger partial charge is 0.368 e. The van der Waals surface area contributed by atoms with Gasteiger partial charge in [0, 0.05) is 13.2 Å². The fraction of sp³-hybridized carbons (Fsp3) is 0.818. The minimum atomic E-state index is -0.180. The molecule has 5 heteroatoms. The van der Waals surface area contributed by atoms with Gasteiger partial charge in [0.05, 0.1) is 0 Å². The molecular formula is C11H19N3OS. The topological polar surface area (TPSA) is 47.0 Å². The average molecular weight is 241 g/mol. The third-order valence-corrected chi connectivity index (χ3v) is 4.01. The first-order chi connectivity index (χ1) is 7.74. The molecule has 2 heterocycles. The predicted octanol–water partition coefficient (Wildman–Crippen LogP) is 2.06. The molecule has 1 N–H and O–H groups in total. The summed E-state index contributed by atoms with van der Waals surface area (Å²) in [4.78, 5) is 0. The highest BCUT2D eigenvalue weighted by Gasteiger charge is 2.35. The van der Waals surface area contributed by atoms with Gasteiger partial charge in [0.25, 0.3) is 0 Å². The van der Waals surface area contributed by atoms with Gasteiger partial charge in [-0.05, 0) is 32.7 Å². The SMILES string of the molecule is CCCNCc1nnc(C2(C)CCCO2)s1. The maximum atomic E-state index is 5.75. The fourth-order valence-electron chi connectivity index (χ4n) is 1.86.